The molecule has 0 aliphatic rings. The number of nitrogens with one attached hydrogen (secondary N) is 1. The van der Waals surface area contributed by atoms with Gasteiger partial charge in [-0.3, -0.25) is 0 Å². The van der Waals surface area contributed by atoms with Gasteiger partial charge in [0.05, 0.1) is 11.1 Å². The van der Waals surface area contributed by atoms with Crippen molar-refractivity contribution in [3.05, 3.63) is 64.7 Å². The minimum atomic E-state index is -4.42. The zero-order chi connectivity index (χ0) is 16.3. The van der Waals surface area contributed by atoms with Gasteiger partial charge in [0, 0.05) is 12.2 Å². The van der Waals surface area contributed by atoms with Crippen LogP contribution in [0.25, 0.3) is 0 Å². The average Bonchev–Trinajstić information content (AvgIpc) is 2.45. The summed E-state index contributed by atoms with van der Waals surface area (Å²) in [7, 11) is 0. The van der Waals surface area contributed by atoms with E-state index >= 15 is 0 Å². The molecule has 2 aromatic carbocycles. The normalized spacial score (nSPS) is 11.3. The van der Waals surface area contributed by atoms with Crippen molar-refractivity contribution in [1.82, 2.24) is 0 Å². The number of hydrogen-bond acceptors (Lipinski definition) is 2. The first-order valence-corrected chi connectivity index (χ1v) is 6.52. The zero-order valence-electron chi connectivity index (χ0n) is 11.7. The number of alkyl halides is 3. The largest absolute Gasteiger partial charge is 0.478 e. The summed E-state index contributed by atoms with van der Waals surface area (Å²) in [6, 6.07) is 9.76. The van der Waals surface area contributed by atoms with Crippen LogP contribution in [0.4, 0.5) is 18.9 Å². The lowest BCUT2D eigenvalue weighted by atomic mass is 10.1. The SMILES string of the molecule is Cc1ccc(C(=O)O)cc1NCc1ccccc1C(F)(F)F. The van der Waals surface area contributed by atoms with E-state index in [0.29, 0.717) is 5.69 Å². The molecule has 0 aromatic heterocycles. The van der Waals surface area contributed by atoms with Gasteiger partial charge in [-0.05, 0) is 36.2 Å². The van der Waals surface area contributed by atoms with Crippen LogP contribution < -0.4 is 5.32 Å². The number of anilines is 1. The highest BCUT2D eigenvalue weighted by Crippen LogP contribution is 2.32. The molecule has 2 N–H and O–H groups in total. The van der Waals surface area contributed by atoms with Crippen LogP contribution in [0.15, 0.2) is 42.5 Å². The minimum Gasteiger partial charge on any atom is -0.478 e. The van der Waals surface area contributed by atoms with Crippen LogP contribution in [-0.4, -0.2) is 11.1 Å². The van der Waals surface area contributed by atoms with Crippen molar-refractivity contribution in [3.8, 4) is 0 Å². The van der Waals surface area contributed by atoms with Gasteiger partial charge < -0.3 is 10.4 Å². The second kappa shape index (κ2) is 6.09. The molecular weight excluding hydrogens is 295 g/mol. The van der Waals surface area contributed by atoms with Gasteiger partial charge >= 0.3 is 12.1 Å². The average molecular weight is 309 g/mol. The molecule has 2 rings (SSSR count). The molecule has 6 heteroatoms. The third kappa shape index (κ3) is 3.58. The van der Waals surface area contributed by atoms with Gasteiger partial charge in [-0.25, -0.2) is 4.79 Å². The summed E-state index contributed by atoms with van der Waals surface area (Å²) in [5.74, 6) is -1.08. The Morgan fingerprint density at radius 2 is 1.86 bits per heavy atom. The van der Waals surface area contributed by atoms with Gasteiger partial charge in [0.2, 0.25) is 0 Å². The summed E-state index contributed by atoms with van der Waals surface area (Å²) in [6.45, 7) is 1.71. The second-order valence-corrected chi connectivity index (χ2v) is 4.84. The smallest absolute Gasteiger partial charge is 0.416 e. The molecule has 0 amide bonds. The number of benzene rings is 2. The van der Waals surface area contributed by atoms with Crippen molar-refractivity contribution in [3.63, 3.8) is 0 Å². The van der Waals surface area contributed by atoms with Gasteiger partial charge in [0.15, 0.2) is 0 Å². The number of carbonyl (C=O) groups is 1. The minimum absolute atomic E-state index is 0.0421. The monoisotopic (exact) mass is 309 g/mol. The molecule has 0 spiro atoms. The number of carboxylic acids is 1. The van der Waals surface area contributed by atoms with E-state index in [4.69, 9.17) is 5.11 Å². The molecule has 0 aliphatic heterocycles. The summed E-state index contributed by atoms with van der Waals surface area (Å²) in [4.78, 5) is 10.9. The fourth-order valence-corrected chi connectivity index (χ4v) is 2.09. The number of aryl methyl sites for hydroxylation is 1. The number of aromatic carboxylic acids is 1. The van der Waals surface area contributed by atoms with Crippen LogP contribution in [-0.2, 0) is 12.7 Å². The Hall–Kier alpha value is -2.50. The molecular formula is C16H14F3NO2. The Bertz CT molecular complexity index is 696. The molecule has 0 bridgehead atoms. The van der Waals surface area contributed by atoms with E-state index in [1.54, 1.807) is 13.0 Å². The first-order chi connectivity index (χ1) is 10.3. The fraction of sp³-hybridized carbons (Fsp3) is 0.188. The topological polar surface area (TPSA) is 49.3 Å². The Kier molecular flexibility index (Phi) is 4.40. The molecule has 0 saturated heterocycles. The molecule has 0 atom stereocenters. The van der Waals surface area contributed by atoms with Crippen LogP contribution >= 0.6 is 0 Å². The summed E-state index contributed by atoms with van der Waals surface area (Å²) in [5, 5.41) is 11.8. The van der Waals surface area contributed by atoms with Crippen molar-refractivity contribution in [2.75, 3.05) is 5.32 Å². The van der Waals surface area contributed by atoms with E-state index in [0.717, 1.165) is 11.6 Å². The first-order valence-electron chi connectivity index (χ1n) is 6.52. The molecule has 0 radical (unpaired) electrons. The van der Waals surface area contributed by atoms with Crippen LogP contribution in [0, 0.1) is 6.92 Å². The first kappa shape index (κ1) is 15.9. The number of rotatable bonds is 4. The summed E-state index contributed by atoms with van der Waals surface area (Å²) < 4.78 is 38.8. The van der Waals surface area contributed by atoms with E-state index in [2.05, 4.69) is 5.32 Å². The van der Waals surface area contributed by atoms with Gasteiger partial charge in [-0.2, -0.15) is 13.2 Å². The Balaban J connectivity index is 2.24. The molecule has 0 unspecified atom stereocenters. The molecule has 0 saturated carbocycles. The van der Waals surface area contributed by atoms with E-state index < -0.39 is 17.7 Å². The third-order valence-electron chi connectivity index (χ3n) is 3.28. The molecule has 0 fully saturated rings. The van der Waals surface area contributed by atoms with Gasteiger partial charge in [0.1, 0.15) is 0 Å². The summed E-state index contributed by atoms with van der Waals surface area (Å²) in [5.41, 5.74) is 0.744. The van der Waals surface area contributed by atoms with Crippen LogP contribution in [0.5, 0.6) is 0 Å². The van der Waals surface area contributed by atoms with E-state index in [-0.39, 0.29) is 17.7 Å². The zero-order valence-corrected chi connectivity index (χ0v) is 11.7. The van der Waals surface area contributed by atoms with E-state index in [1.807, 2.05) is 0 Å². The number of carboxylic acid groups (broad SMARTS) is 1. The summed E-state index contributed by atoms with van der Waals surface area (Å²) >= 11 is 0. The standard InChI is InChI=1S/C16H14F3NO2/c1-10-6-7-11(15(21)22)8-14(10)20-9-12-4-2-3-5-13(12)16(17,18)19/h2-8,20H,9H2,1H3,(H,21,22). The maximum absolute atomic E-state index is 12.9. The van der Waals surface area contributed by atoms with Gasteiger partial charge in [0.25, 0.3) is 0 Å². The molecule has 3 nitrogen and oxygen atoms in total. The van der Waals surface area contributed by atoms with E-state index in [1.165, 1.54) is 30.3 Å². The number of halogens is 3. The predicted molar refractivity (Wildman–Crippen MR) is 76.9 cm³/mol. The maximum atomic E-state index is 12.9. The third-order valence-corrected chi connectivity index (χ3v) is 3.28. The van der Waals surface area contributed by atoms with Gasteiger partial charge in [-0.1, -0.05) is 24.3 Å². The summed E-state index contributed by atoms with van der Waals surface area (Å²) in [6.07, 6.45) is -4.42. The molecule has 22 heavy (non-hydrogen) atoms. The van der Waals surface area contributed by atoms with E-state index in [9.17, 15) is 18.0 Å². The van der Waals surface area contributed by atoms with Crippen molar-refractivity contribution in [2.24, 2.45) is 0 Å². The number of hydrogen-bond donors (Lipinski definition) is 2. The lowest BCUT2D eigenvalue weighted by molar-refractivity contribution is -0.138. The van der Waals surface area contributed by atoms with Crippen molar-refractivity contribution >= 4 is 11.7 Å². The highest BCUT2D eigenvalue weighted by molar-refractivity contribution is 5.89. The Morgan fingerprint density at radius 1 is 1.18 bits per heavy atom. The highest BCUT2D eigenvalue weighted by Gasteiger charge is 2.32. The highest BCUT2D eigenvalue weighted by atomic mass is 19.4. The predicted octanol–water partition coefficient (Wildman–Crippen LogP) is 4.32. The lowest BCUT2D eigenvalue weighted by Gasteiger charge is -2.15. The second-order valence-electron chi connectivity index (χ2n) is 4.84. The van der Waals surface area contributed by atoms with Crippen LogP contribution in [0.1, 0.15) is 27.0 Å². The maximum Gasteiger partial charge on any atom is 0.416 e. The molecule has 0 aliphatic carbocycles. The molecule has 0 heterocycles. The van der Waals surface area contributed by atoms with Crippen molar-refractivity contribution < 1.29 is 23.1 Å². The fourth-order valence-electron chi connectivity index (χ4n) is 2.09. The quantitative estimate of drug-likeness (QED) is 0.884. The lowest BCUT2D eigenvalue weighted by Crippen LogP contribution is -2.12. The Morgan fingerprint density at radius 3 is 2.50 bits per heavy atom. The molecule has 116 valence electrons. The van der Waals surface area contributed by atoms with Crippen molar-refractivity contribution in [1.29, 1.82) is 0 Å². The Labute approximate surface area is 125 Å². The van der Waals surface area contributed by atoms with Gasteiger partial charge in [-0.15, -0.1) is 0 Å². The van der Waals surface area contributed by atoms with Crippen LogP contribution in [0.2, 0.25) is 0 Å². The molecule has 2 aromatic rings. The van der Waals surface area contributed by atoms with Crippen molar-refractivity contribution in [2.45, 2.75) is 19.6 Å². The van der Waals surface area contributed by atoms with Crippen LogP contribution in [0.3, 0.4) is 0 Å².